The van der Waals surface area contributed by atoms with Gasteiger partial charge in [-0.15, -0.1) is 0 Å². The summed E-state index contributed by atoms with van der Waals surface area (Å²) in [6.07, 6.45) is 1.66. The summed E-state index contributed by atoms with van der Waals surface area (Å²) in [7, 11) is -3.41. The number of carbonyl (C=O) groups is 1. The number of aromatic nitrogens is 2. The number of hydrogen-bond acceptors (Lipinski definition) is 6. The molecular weight excluding hydrogens is 380 g/mol. The van der Waals surface area contributed by atoms with E-state index in [0.29, 0.717) is 28.9 Å². The van der Waals surface area contributed by atoms with Crippen LogP contribution in [0.15, 0.2) is 23.0 Å². The molecule has 0 N–H and O–H groups in total. The van der Waals surface area contributed by atoms with Crippen molar-refractivity contribution in [1.82, 2.24) is 9.78 Å². The van der Waals surface area contributed by atoms with Crippen molar-refractivity contribution in [3.63, 3.8) is 0 Å². The van der Waals surface area contributed by atoms with Crippen molar-refractivity contribution in [2.75, 3.05) is 10.6 Å². The monoisotopic (exact) mass is 400 g/mol. The van der Waals surface area contributed by atoms with Gasteiger partial charge in [0.25, 0.3) is 5.56 Å². The Bertz CT molecular complexity index is 1190. The maximum Gasteiger partial charge on any atom is 0.285 e. The summed E-state index contributed by atoms with van der Waals surface area (Å²) in [6.45, 7) is 4.83. The second-order valence-electron chi connectivity index (χ2n) is 7.04. The van der Waals surface area contributed by atoms with E-state index in [1.165, 1.54) is 4.31 Å². The van der Waals surface area contributed by atoms with Gasteiger partial charge in [0.1, 0.15) is 18.2 Å². The lowest BCUT2D eigenvalue weighted by Crippen LogP contribution is -2.34. The van der Waals surface area contributed by atoms with Crippen LogP contribution < -0.4 is 9.86 Å². The Morgan fingerprint density at radius 3 is 2.64 bits per heavy atom. The first-order chi connectivity index (χ1) is 13.0. The third kappa shape index (κ3) is 3.31. The molecule has 9 heteroatoms. The van der Waals surface area contributed by atoms with E-state index < -0.39 is 15.6 Å². The number of hydrogen-bond donors (Lipinski definition) is 0. The molecule has 0 bridgehead atoms. The molecule has 0 saturated heterocycles. The Labute approximate surface area is 163 Å². The summed E-state index contributed by atoms with van der Waals surface area (Å²) in [6, 6.07) is 6.47. The lowest BCUT2D eigenvalue weighted by atomic mass is 10.0. The number of carbonyl (C=O) groups excluding carboxylic acids is 1. The fourth-order valence-electron chi connectivity index (χ4n) is 3.52. The van der Waals surface area contributed by atoms with Crippen molar-refractivity contribution in [1.29, 1.82) is 5.26 Å². The predicted octanol–water partition coefficient (Wildman–Crippen LogP) is 1.33. The number of benzene rings is 1. The molecule has 1 aromatic heterocycles. The van der Waals surface area contributed by atoms with Crippen LogP contribution >= 0.6 is 0 Å². The van der Waals surface area contributed by atoms with Crippen molar-refractivity contribution in [2.24, 2.45) is 0 Å². The van der Waals surface area contributed by atoms with Gasteiger partial charge in [-0.05, 0) is 56.5 Å². The topological polar surface area (TPSA) is 113 Å². The third-order valence-electron chi connectivity index (χ3n) is 4.95. The molecule has 28 heavy (non-hydrogen) atoms. The van der Waals surface area contributed by atoms with Crippen LogP contribution in [0.25, 0.3) is 0 Å². The van der Waals surface area contributed by atoms with Crippen molar-refractivity contribution >= 4 is 21.5 Å². The van der Waals surface area contributed by atoms with Crippen LogP contribution in [0.2, 0.25) is 0 Å². The van der Waals surface area contributed by atoms with Crippen LogP contribution in [0.4, 0.5) is 5.69 Å². The number of nitriles is 1. The number of sulfonamides is 1. The number of nitrogens with zero attached hydrogens (tertiary/aromatic N) is 4. The first-order valence-corrected chi connectivity index (χ1v) is 10.5. The fourth-order valence-corrected chi connectivity index (χ4v) is 4.78. The Balaban J connectivity index is 1.95. The van der Waals surface area contributed by atoms with Crippen LogP contribution in [-0.2, 0) is 23.0 Å². The van der Waals surface area contributed by atoms with Crippen molar-refractivity contribution in [2.45, 2.75) is 39.8 Å². The number of anilines is 1. The van der Waals surface area contributed by atoms with Gasteiger partial charge in [0.2, 0.25) is 10.0 Å². The Hall–Kier alpha value is -2.99. The van der Waals surface area contributed by atoms with Crippen LogP contribution in [0.1, 0.15) is 39.7 Å². The van der Waals surface area contributed by atoms with Crippen molar-refractivity contribution in [3.8, 4) is 6.07 Å². The molecule has 146 valence electrons. The lowest BCUT2D eigenvalue weighted by molar-refractivity contribution is 0.0965. The molecule has 1 aliphatic rings. The summed E-state index contributed by atoms with van der Waals surface area (Å²) in [5, 5.41) is 13.3. The van der Waals surface area contributed by atoms with Crippen LogP contribution in [-0.4, -0.2) is 36.3 Å². The molecule has 8 nitrogen and oxygen atoms in total. The quantitative estimate of drug-likeness (QED) is 0.716. The minimum Gasteiger partial charge on any atom is -0.292 e. The molecule has 3 rings (SSSR count). The molecule has 1 aromatic carbocycles. The summed E-state index contributed by atoms with van der Waals surface area (Å²) >= 11 is 0. The Morgan fingerprint density at radius 1 is 1.36 bits per heavy atom. The molecule has 0 unspecified atom stereocenters. The van der Waals surface area contributed by atoms with E-state index in [4.69, 9.17) is 0 Å². The zero-order valence-electron chi connectivity index (χ0n) is 16.1. The molecule has 0 saturated carbocycles. The lowest BCUT2D eigenvalue weighted by Gasteiger charge is -2.21. The van der Waals surface area contributed by atoms with E-state index in [2.05, 4.69) is 5.10 Å². The first-order valence-electron chi connectivity index (χ1n) is 8.68. The largest absolute Gasteiger partial charge is 0.292 e. The number of Topliss-reactive ketones (excluding diaryl/α,β-unsaturated/α-hetero) is 1. The van der Waals surface area contributed by atoms with E-state index in [9.17, 15) is 23.3 Å². The number of rotatable bonds is 4. The van der Waals surface area contributed by atoms with Crippen LogP contribution in [0.3, 0.4) is 0 Å². The van der Waals surface area contributed by atoms with Crippen LogP contribution in [0, 0.1) is 25.2 Å². The fraction of sp³-hybridized carbons (Fsp3) is 0.368. The van der Waals surface area contributed by atoms with E-state index in [-0.39, 0.29) is 23.9 Å². The zero-order valence-corrected chi connectivity index (χ0v) is 16.9. The van der Waals surface area contributed by atoms with Gasteiger partial charge in [-0.25, -0.2) is 13.1 Å². The maximum absolute atomic E-state index is 12.7. The standard InChI is InChI=1S/C19H20N4O4S/c1-11-7-15-8-14(5-6-17(15)23(11)28(4,26)27)18(24)10-22-19(25)16(9-20)12(2)13(3)21-22/h5-6,8,11H,7,10H2,1-4H3/t11-/m0/s1. The normalized spacial score (nSPS) is 16.0. The van der Waals surface area contributed by atoms with Crippen molar-refractivity contribution < 1.29 is 13.2 Å². The molecule has 0 spiro atoms. The smallest absolute Gasteiger partial charge is 0.285 e. The molecule has 1 atom stereocenters. The summed E-state index contributed by atoms with van der Waals surface area (Å²) in [5.74, 6) is -0.338. The van der Waals surface area contributed by atoms with Gasteiger partial charge in [0, 0.05) is 11.6 Å². The Morgan fingerprint density at radius 2 is 2.04 bits per heavy atom. The van der Waals surface area contributed by atoms with Crippen molar-refractivity contribution in [3.05, 3.63) is 56.5 Å². The molecule has 0 aliphatic carbocycles. The van der Waals surface area contributed by atoms with E-state index >= 15 is 0 Å². The summed E-state index contributed by atoms with van der Waals surface area (Å²) in [4.78, 5) is 25.1. The molecular formula is C19H20N4O4S. The van der Waals surface area contributed by atoms with Gasteiger partial charge in [-0.1, -0.05) is 0 Å². The Kier molecular flexibility index (Phi) is 4.85. The molecule has 0 fully saturated rings. The highest BCUT2D eigenvalue weighted by atomic mass is 32.2. The van der Waals surface area contributed by atoms with E-state index in [0.717, 1.165) is 16.5 Å². The summed E-state index contributed by atoms with van der Waals surface area (Å²) in [5.41, 5.74) is 2.09. The van der Waals surface area contributed by atoms with Gasteiger partial charge < -0.3 is 0 Å². The van der Waals surface area contributed by atoms with Gasteiger partial charge in [0.05, 0.1) is 17.6 Å². The number of ketones is 1. The van der Waals surface area contributed by atoms with Gasteiger partial charge in [-0.2, -0.15) is 10.4 Å². The summed E-state index contributed by atoms with van der Waals surface area (Å²) < 4.78 is 26.4. The van der Waals surface area contributed by atoms with Gasteiger partial charge >= 0.3 is 0 Å². The first kappa shape index (κ1) is 19.8. The van der Waals surface area contributed by atoms with Crippen LogP contribution in [0.5, 0.6) is 0 Å². The van der Waals surface area contributed by atoms with E-state index in [1.807, 2.05) is 13.0 Å². The molecule has 2 aromatic rings. The SMILES string of the molecule is Cc1nn(CC(=O)c2ccc3c(c2)C[C@H](C)N3S(C)(=O)=O)c(=O)c(C#N)c1C. The average molecular weight is 400 g/mol. The minimum absolute atomic E-state index is 0.0214. The highest BCUT2D eigenvalue weighted by molar-refractivity contribution is 7.92. The second-order valence-corrected chi connectivity index (χ2v) is 8.90. The molecule has 1 aliphatic heterocycles. The maximum atomic E-state index is 12.7. The van der Waals surface area contributed by atoms with Gasteiger partial charge in [0.15, 0.2) is 5.78 Å². The highest BCUT2D eigenvalue weighted by Crippen LogP contribution is 2.34. The second kappa shape index (κ2) is 6.87. The minimum atomic E-state index is -3.41. The third-order valence-corrected chi connectivity index (χ3v) is 6.22. The van der Waals surface area contributed by atoms with Gasteiger partial charge in [-0.3, -0.25) is 13.9 Å². The predicted molar refractivity (Wildman–Crippen MR) is 104 cm³/mol. The zero-order chi connectivity index (χ0) is 20.8. The molecule has 0 amide bonds. The average Bonchev–Trinajstić information content (AvgIpc) is 2.95. The molecule has 0 radical (unpaired) electrons. The highest BCUT2D eigenvalue weighted by Gasteiger charge is 2.32. The molecule has 2 heterocycles. The number of aryl methyl sites for hydroxylation is 1. The number of fused-ring (bicyclic) bond motifs is 1. The van der Waals surface area contributed by atoms with E-state index in [1.54, 1.807) is 32.0 Å².